The molecule has 0 radical (unpaired) electrons. The van der Waals surface area contributed by atoms with Gasteiger partial charge in [-0.1, -0.05) is 11.6 Å². The van der Waals surface area contributed by atoms with Crippen molar-refractivity contribution in [2.24, 2.45) is 0 Å². The van der Waals surface area contributed by atoms with Crippen LogP contribution in [0, 0.1) is 0 Å². The highest BCUT2D eigenvalue weighted by molar-refractivity contribution is 7.91. The lowest BCUT2D eigenvalue weighted by Gasteiger charge is -2.10. The van der Waals surface area contributed by atoms with E-state index in [0.717, 1.165) is 30.5 Å². The maximum absolute atomic E-state index is 12.5. The summed E-state index contributed by atoms with van der Waals surface area (Å²) in [7, 11) is -7.70. The molecule has 0 aliphatic heterocycles. The van der Waals surface area contributed by atoms with Gasteiger partial charge in [-0.2, -0.15) is 5.10 Å². The second-order valence-electron chi connectivity index (χ2n) is 5.79. The van der Waals surface area contributed by atoms with Gasteiger partial charge in [0.15, 0.2) is 9.84 Å². The first-order valence-corrected chi connectivity index (χ1v) is 11.5. The van der Waals surface area contributed by atoms with E-state index in [4.69, 9.17) is 11.6 Å². The van der Waals surface area contributed by atoms with Crippen molar-refractivity contribution < 1.29 is 21.6 Å². The van der Waals surface area contributed by atoms with Crippen molar-refractivity contribution in [3.05, 3.63) is 71.5 Å². The third-order valence-corrected chi connectivity index (χ3v) is 6.56. The molecule has 3 rings (SSSR count). The Balaban J connectivity index is 1.89. The Morgan fingerprint density at radius 1 is 1.04 bits per heavy atom. The predicted molar refractivity (Wildman–Crippen MR) is 103 cm³/mol. The summed E-state index contributed by atoms with van der Waals surface area (Å²) in [6.45, 7) is 0. The number of sulfonamides is 1. The number of hydrogen-bond donors (Lipinski definition) is 1. The molecule has 0 aliphatic carbocycles. The number of amides is 1. The number of rotatable bonds is 5. The number of carbonyl (C=O) groups excluding carboxylic acids is 1. The molecular weight excluding hydrogens is 426 g/mol. The molecule has 0 fully saturated rings. The summed E-state index contributed by atoms with van der Waals surface area (Å²) < 4.78 is 51.3. The van der Waals surface area contributed by atoms with Gasteiger partial charge in [0.2, 0.25) is 0 Å². The van der Waals surface area contributed by atoms with E-state index in [-0.39, 0.29) is 20.4 Å². The van der Waals surface area contributed by atoms with Gasteiger partial charge >= 0.3 is 0 Å². The second kappa shape index (κ2) is 7.38. The van der Waals surface area contributed by atoms with Crippen LogP contribution in [0.15, 0.2) is 70.7 Å². The van der Waals surface area contributed by atoms with Crippen molar-refractivity contribution in [3.63, 3.8) is 0 Å². The summed E-state index contributed by atoms with van der Waals surface area (Å²) in [5.41, 5.74) is 0.473. The van der Waals surface area contributed by atoms with E-state index >= 15 is 0 Å². The molecule has 0 aliphatic rings. The lowest BCUT2D eigenvalue weighted by Crippen LogP contribution is -2.31. The molecule has 11 heteroatoms. The Hall–Kier alpha value is -2.69. The van der Waals surface area contributed by atoms with E-state index in [0.29, 0.717) is 5.69 Å². The van der Waals surface area contributed by atoms with E-state index in [1.54, 1.807) is 24.5 Å². The van der Waals surface area contributed by atoms with E-state index in [2.05, 4.69) is 5.10 Å². The molecule has 8 nitrogen and oxygen atoms in total. The van der Waals surface area contributed by atoms with Crippen molar-refractivity contribution in [2.45, 2.75) is 9.79 Å². The van der Waals surface area contributed by atoms with Crippen LogP contribution in [0.5, 0.6) is 0 Å². The topological polar surface area (TPSA) is 115 Å². The molecule has 0 saturated heterocycles. The minimum atomic E-state index is -4.23. The number of nitrogens with one attached hydrogen (secondary N) is 1. The number of aromatic nitrogens is 2. The molecule has 0 bridgehead atoms. The lowest BCUT2D eigenvalue weighted by atomic mass is 10.2. The Morgan fingerprint density at radius 2 is 1.68 bits per heavy atom. The summed E-state index contributed by atoms with van der Waals surface area (Å²) in [5, 5.41) is 4.11. The first-order chi connectivity index (χ1) is 13.1. The second-order valence-corrected chi connectivity index (χ2v) is 9.90. The fourth-order valence-corrected chi connectivity index (χ4v) is 4.15. The third kappa shape index (κ3) is 4.24. The van der Waals surface area contributed by atoms with Crippen LogP contribution in [0.1, 0.15) is 10.4 Å². The molecular formula is C17H14ClN3O5S2. The van der Waals surface area contributed by atoms with Crippen LogP contribution in [-0.2, 0) is 19.9 Å². The van der Waals surface area contributed by atoms with Gasteiger partial charge in [0.1, 0.15) is 0 Å². The fourth-order valence-electron chi connectivity index (χ4n) is 2.35. The van der Waals surface area contributed by atoms with Crippen LogP contribution in [0.2, 0.25) is 5.02 Å². The summed E-state index contributed by atoms with van der Waals surface area (Å²) >= 11 is 6.05. The molecule has 2 aromatic carbocycles. The molecule has 28 heavy (non-hydrogen) atoms. The fraction of sp³-hybridized carbons (Fsp3) is 0.0588. The monoisotopic (exact) mass is 439 g/mol. The Labute approximate surface area is 166 Å². The van der Waals surface area contributed by atoms with Crippen molar-refractivity contribution in [2.75, 3.05) is 6.26 Å². The van der Waals surface area contributed by atoms with Gasteiger partial charge in [0.25, 0.3) is 15.9 Å². The summed E-state index contributed by atoms with van der Waals surface area (Å²) in [6, 6.07) is 10.7. The smallest absolute Gasteiger partial charge is 0.266 e. The minimum absolute atomic E-state index is 0.0345. The maximum Gasteiger partial charge on any atom is 0.266 e. The molecule has 3 aromatic rings. The molecule has 1 amide bonds. The zero-order chi connectivity index (χ0) is 20.5. The average molecular weight is 440 g/mol. The van der Waals surface area contributed by atoms with Crippen LogP contribution in [0.4, 0.5) is 0 Å². The Morgan fingerprint density at radius 3 is 2.25 bits per heavy atom. The Kier molecular flexibility index (Phi) is 5.28. The minimum Gasteiger partial charge on any atom is -0.268 e. The molecule has 0 saturated carbocycles. The highest BCUT2D eigenvalue weighted by Crippen LogP contribution is 2.21. The SMILES string of the molecule is CS(=O)(=O)c1ccc(S(=O)(=O)NC(=O)c2cc(-n3cccn3)ccc2Cl)cc1. The van der Waals surface area contributed by atoms with Crippen molar-refractivity contribution in [1.82, 2.24) is 14.5 Å². The molecule has 1 aromatic heterocycles. The zero-order valence-corrected chi connectivity index (χ0v) is 16.8. The predicted octanol–water partition coefficient (Wildman–Crippen LogP) is 2.05. The number of benzene rings is 2. The van der Waals surface area contributed by atoms with Gasteiger partial charge in [-0.3, -0.25) is 4.79 Å². The molecule has 0 atom stereocenters. The number of hydrogen-bond acceptors (Lipinski definition) is 6. The van der Waals surface area contributed by atoms with E-state index in [9.17, 15) is 21.6 Å². The average Bonchev–Trinajstić information content (AvgIpc) is 3.15. The largest absolute Gasteiger partial charge is 0.268 e. The third-order valence-electron chi connectivity index (χ3n) is 3.75. The standard InChI is InChI=1S/C17H14ClN3O5S2/c1-27(23,24)13-4-6-14(7-5-13)28(25,26)20-17(22)15-11-12(3-8-16(15)18)21-10-2-9-19-21/h2-11H,1H3,(H,20,22). The van der Waals surface area contributed by atoms with Gasteiger partial charge in [-0.05, 0) is 48.5 Å². The normalized spacial score (nSPS) is 11.9. The molecule has 1 N–H and O–H groups in total. The molecule has 0 spiro atoms. The quantitative estimate of drug-likeness (QED) is 0.650. The van der Waals surface area contributed by atoms with Gasteiger partial charge in [-0.25, -0.2) is 26.2 Å². The van der Waals surface area contributed by atoms with Gasteiger partial charge < -0.3 is 0 Å². The van der Waals surface area contributed by atoms with Crippen LogP contribution < -0.4 is 4.72 Å². The Bertz CT molecular complexity index is 1240. The van der Waals surface area contributed by atoms with E-state index in [1.165, 1.54) is 16.8 Å². The van der Waals surface area contributed by atoms with E-state index in [1.807, 2.05) is 4.72 Å². The van der Waals surface area contributed by atoms with Crippen LogP contribution in [0.3, 0.4) is 0 Å². The van der Waals surface area contributed by atoms with Gasteiger partial charge in [0, 0.05) is 18.6 Å². The summed E-state index contributed by atoms with van der Waals surface area (Å²) in [4.78, 5) is 12.2. The number of halogens is 1. The zero-order valence-electron chi connectivity index (χ0n) is 14.4. The highest BCUT2D eigenvalue weighted by atomic mass is 35.5. The van der Waals surface area contributed by atoms with Crippen LogP contribution in [-0.4, -0.2) is 38.8 Å². The lowest BCUT2D eigenvalue weighted by molar-refractivity contribution is 0.0981. The van der Waals surface area contributed by atoms with Gasteiger partial charge in [0.05, 0.1) is 26.1 Å². The van der Waals surface area contributed by atoms with Gasteiger partial charge in [-0.15, -0.1) is 0 Å². The first-order valence-electron chi connectivity index (χ1n) is 7.75. The molecule has 0 unspecified atom stereocenters. The van der Waals surface area contributed by atoms with Crippen molar-refractivity contribution in [1.29, 1.82) is 0 Å². The summed E-state index contributed by atoms with van der Waals surface area (Å²) in [5.74, 6) is -0.925. The first kappa shape index (κ1) is 20.1. The summed E-state index contributed by atoms with van der Waals surface area (Å²) in [6.07, 6.45) is 4.22. The molecule has 1 heterocycles. The van der Waals surface area contributed by atoms with Crippen molar-refractivity contribution >= 4 is 37.4 Å². The maximum atomic E-state index is 12.5. The molecule has 146 valence electrons. The van der Waals surface area contributed by atoms with Crippen LogP contribution in [0.25, 0.3) is 5.69 Å². The number of sulfone groups is 1. The number of nitrogens with zero attached hydrogens (tertiary/aromatic N) is 2. The van der Waals surface area contributed by atoms with E-state index < -0.39 is 25.8 Å². The van der Waals surface area contributed by atoms with Crippen molar-refractivity contribution in [3.8, 4) is 5.69 Å². The van der Waals surface area contributed by atoms with Crippen LogP contribution >= 0.6 is 11.6 Å². The highest BCUT2D eigenvalue weighted by Gasteiger charge is 2.21. The number of carbonyl (C=O) groups is 1.